The van der Waals surface area contributed by atoms with Crippen LogP contribution in [0.1, 0.15) is 42.2 Å². The summed E-state index contributed by atoms with van der Waals surface area (Å²) in [5.41, 5.74) is 2.80. The van der Waals surface area contributed by atoms with Crippen molar-refractivity contribution in [2.75, 3.05) is 13.2 Å². The number of hydrogen-bond donors (Lipinski definition) is 0. The molecule has 1 aliphatic rings. The van der Waals surface area contributed by atoms with Crippen molar-refractivity contribution in [3.63, 3.8) is 0 Å². The highest BCUT2D eigenvalue weighted by Crippen LogP contribution is 2.27. The molecule has 30 heavy (non-hydrogen) atoms. The smallest absolute Gasteiger partial charge is 0.348 e. The summed E-state index contributed by atoms with van der Waals surface area (Å²) >= 11 is 1.37. The van der Waals surface area contributed by atoms with Gasteiger partial charge in [-0.15, -0.1) is 21.5 Å². The molecule has 1 unspecified atom stereocenters. The number of aromatic nitrogens is 4. The molecular weight excluding hydrogens is 400 g/mol. The van der Waals surface area contributed by atoms with E-state index in [9.17, 15) is 4.79 Å². The third kappa shape index (κ3) is 4.59. The normalized spacial score (nSPS) is 19.8. The number of carbonyl (C=O) groups excluding carboxylic acids is 1. The van der Waals surface area contributed by atoms with Crippen molar-refractivity contribution >= 4 is 23.0 Å². The topological polar surface area (TPSA) is 78.6 Å². The summed E-state index contributed by atoms with van der Waals surface area (Å²) in [5.74, 6) is 0.814. The van der Waals surface area contributed by atoms with Gasteiger partial charge in [-0.25, -0.2) is 4.79 Å². The summed E-state index contributed by atoms with van der Waals surface area (Å²) in [6.07, 6.45) is 8.68. The van der Waals surface area contributed by atoms with Crippen LogP contribution in [-0.4, -0.2) is 39.0 Å². The van der Waals surface area contributed by atoms with Gasteiger partial charge in [0.15, 0.2) is 11.5 Å². The molecule has 4 rings (SSSR count). The van der Waals surface area contributed by atoms with Gasteiger partial charge in [0.1, 0.15) is 10.6 Å². The third-order valence-electron chi connectivity index (χ3n) is 4.87. The van der Waals surface area contributed by atoms with Crippen LogP contribution in [0.25, 0.3) is 16.2 Å². The SMILES string of the molecule is CCOC(=O)c1ccc(-c2ccc3nnc(CC4/C=C(\C)CCO/C=C/C4)n3n2)s1. The van der Waals surface area contributed by atoms with Crippen LogP contribution in [0.2, 0.25) is 0 Å². The van der Waals surface area contributed by atoms with Gasteiger partial charge < -0.3 is 9.47 Å². The Morgan fingerprint density at radius 3 is 3.07 bits per heavy atom. The monoisotopic (exact) mass is 424 g/mol. The number of carbonyl (C=O) groups is 1. The van der Waals surface area contributed by atoms with E-state index in [1.165, 1.54) is 16.9 Å². The number of allylic oxidation sites excluding steroid dienone is 2. The van der Waals surface area contributed by atoms with Crippen LogP contribution in [0.5, 0.6) is 0 Å². The second-order valence-electron chi connectivity index (χ2n) is 7.19. The van der Waals surface area contributed by atoms with E-state index in [1.54, 1.807) is 23.8 Å². The molecule has 0 bridgehead atoms. The summed E-state index contributed by atoms with van der Waals surface area (Å²) in [4.78, 5) is 13.4. The molecule has 0 spiro atoms. The average molecular weight is 425 g/mol. The first kappa shape index (κ1) is 20.3. The molecule has 0 aromatic carbocycles. The van der Waals surface area contributed by atoms with Crippen molar-refractivity contribution in [1.82, 2.24) is 19.8 Å². The molecule has 156 valence electrons. The largest absolute Gasteiger partial charge is 0.501 e. The molecule has 0 fully saturated rings. The van der Waals surface area contributed by atoms with Crippen LogP contribution >= 0.6 is 11.3 Å². The fourth-order valence-corrected chi connectivity index (χ4v) is 4.26. The number of rotatable bonds is 5. The zero-order valence-corrected chi connectivity index (χ0v) is 17.9. The van der Waals surface area contributed by atoms with E-state index in [0.717, 1.165) is 35.7 Å². The lowest BCUT2D eigenvalue weighted by molar-refractivity contribution is 0.0532. The number of ether oxygens (including phenoxy) is 2. The lowest BCUT2D eigenvalue weighted by atomic mass is 9.97. The van der Waals surface area contributed by atoms with Gasteiger partial charge in [-0.3, -0.25) is 0 Å². The summed E-state index contributed by atoms with van der Waals surface area (Å²) in [7, 11) is 0. The van der Waals surface area contributed by atoms with Crippen molar-refractivity contribution in [1.29, 1.82) is 0 Å². The first-order chi connectivity index (χ1) is 14.6. The van der Waals surface area contributed by atoms with Crippen LogP contribution in [0.15, 0.2) is 48.3 Å². The number of esters is 1. The lowest BCUT2D eigenvalue weighted by Gasteiger charge is -2.10. The van der Waals surface area contributed by atoms with E-state index in [-0.39, 0.29) is 5.97 Å². The minimum absolute atomic E-state index is 0.304. The van der Waals surface area contributed by atoms with Gasteiger partial charge in [-0.05, 0) is 56.5 Å². The first-order valence-electron chi connectivity index (χ1n) is 10.1. The van der Waals surface area contributed by atoms with Gasteiger partial charge >= 0.3 is 5.97 Å². The Labute approximate surface area is 179 Å². The van der Waals surface area contributed by atoms with Crippen LogP contribution in [0.4, 0.5) is 0 Å². The fraction of sp³-hybridized carbons (Fsp3) is 0.364. The molecule has 1 aliphatic heterocycles. The van der Waals surface area contributed by atoms with Crippen molar-refractivity contribution < 1.29 is 14.3 Å². The molecular formula is C22H24N4O3S. The molecule has 4 heterocycles. The summed E-state index contributed by atoms with van der Waals surface area (Å²) < 4.78 is 12.4. The molecule has 0 saturated heterocycles. The second kappa shape index (κ2) is 9.21. The summed E-state index contributed by atoms with van der Waals surface area (Å²) in [6, 6.07) is 7.47. The van der Waals surface area contributed by atoms with E-state index >= 15 is 0 Å². The van der Waals surface area contributed by atoms with Gasteiger partial charge in [0.2, 0.25) is 0 Å². The highest BCUT2D eigenvalue weighted by molar-refractivity contribution is 7.17. The fourth-order valence-electron chi connectivity index (χ4n) is 3.40. The van der Waals surface area contributed by atoms with Gasteiger partial charge in [-0.2, -0.15) is 9.61 Å². The van der Waals surface area contributed by atoms with Crippen LogP contribution < -0.4 is 0 Å². The Morgan fingerprint density at radius 2 is 2.20 bits per heavy atom. The molecule has 1 atom stereocenters. The Hall–Kier alpha value is -3.00. The standard InChI is InChI=1S/C22H24N4O3S/c1-3-29-22(27)19-8-7-18(30-19)17-6-9-20-23-24-21(26(20)25-17)14-16-5-4-11-28-12-10-15(2)13-16/h4,6-9,11,13,16H,3,5,10,12,14H2,1-2H3/b11-4+,15-13+. The van der Waals surface area contributed by atoms with Gasteiger partial charge in [-0.1, -0.05) is 11.6 Å². The second-order valence-corrected chi connectivity index (χ2v) is 8.28. The van der Waals surface area contributed by atoms with Crippen molar-refractivity contribution in [2.45, 2.75) is 33.1 Å². The molecule has 3 aromatic rings. The molecule has 7 nitrogen and oxygen atoms in total. The summed E-state index contributed by atoms with van der Waals surface area (Å²) in [5, 5.41) is 13.4. The Bertz CT molecular complexity index is 1100. The van der Waals surface area contributed by atoms with Gasteiger partial charge in [0.05, 0.1) is 24.4 Å². The van der Waals surface area contributed by atoms with Gasteiger partial charge in [0, 0.05) is 12.8 Å². The molecule has 0 amide bonds. The Morgan fingerprint density at radius 1 is 1.30 bits per heavy atom. The highest BCUT2D eigenvalue weighted by Gasteiger charge is 2.16. The van der Waals surface area contributed by atoms with E-state index in [1.807, 2.05) is 18.2 Å². The van der Waals surface area contributed by atoms with E-state index in [2.05, 4.69) is 29.3 Å². The minimum Gasteiger partial charge on any atom is -0.501 e. The molecule has 0 radical (unpaired) electrons. The summed E-state index contributed by atoms with van der Waals surface area (Å²) in [6.45, 7) is 5.00. The Kier molecular flexibility index (Phi) is 6.23. The predicted octanol–water partition coefficient (Wildman–Crippen LogP) is 4.46. The lowest BCUT2D eigenvalue weighted by Crippen LogP contribution is -2.07. The maximum absolute atomic E-state index is 12.0. The predicted molar refractivity (Wildman–Crippen MR) is 115 cm³/mol. The average Bonchev–Trinajstić information content (AvgIpc) is 3.39. The molecule has 8 heteroatoms. The van der Waals surface area contributed by atoms with Crippen LogP contribution in [0.3, 0.4) is 0 Å². The minimum atomic E-state index is -0.306. The van der Waals surface area contributed by atoms with Crippen LogP contribution in [0, 0.1) is 5.92 Å². The highest BCUT2D eigenvalue weighted by atomic mass is 32.1. The molecule has 0 saturated carbocycles. The van der Waals surface area contributed by atoms with Crippen molar-refractivity contribution in [2.24, 2.45) is 5.92 Å². The molecule has 0 N–H and O–H groups in total. The number of nitrogens with zero attached hydrogens (tertiary/aromatic N) is 4. The van der Waals surface area contributed by atoms with Crippen LogP contribution in [-0.2, 0) is 15.9 Å². The van der Waals surface area contributed by atoms with Crippen molar-refractivity contribution in [3.05, 3.63) is 59.0 Å². The quantitative estimate of drug-likeness (QED) is 0.444. The van der Waals surface area contributed by atoms with Crippen molar-refractivity contribution in [3.8, 4) is 10.6 Å². The number of fused-ring (bicyclic) bond motifs is 1. The maximum atomic E-state index is 12.0. The zero-order chi connectivity index (χ0) is 20.9. The van der Waals surface area contributed by atoms with E-state index in [0.29, 0.717) is 29.7 Å². The maximum Gasteiger partial charge on any atom is 0.348 e. The third-order valence-corrected chi connectivity index (χ3v) is 5.96. The van der Waals surface area contributed by atoms with E-state index < -0.39 is 0 Å². The molecule has 3 aromatic heterocycles. The number of hydrogen-bond acceptors (Lipinski definition) is 7. The van der Waals surface area contributed by atoms with Gasteiger partial charge in [0.25, 0.3) is 0 Å². The zero-order valence-electron chi connectivity index (χ0n) is 17.1. The Balaban J connectivity index is 1.61. The van der Waals surface area contributed by atoms with E-state index in [4.69, 9.17) is 14.6 Å². The number of thiophene rings is 1. The first-order valence-corrected chi connectivity index (χ1v) is 10.9. The molecule has 0 aliphatic carbocycles.